The Kier molecular flexibility index (Phi) is 5.38. The Morgan fingerprint density at radius 3 is 2.81 bits per heavy atom. The van der Waals surface area contributed by atoms with E-state index in [1.807, 2.05) is 0 Å². The topological polar surface area (TPSA) is 124 Å². The van der Waals surface area contributed by atoms with Gasteiger partial charge < -0.3 is 5.32 Å². The van der Waals surface area contributed by atoms with Crippen LogP contribution in [-0.4, -0.2) is 29.1 Å². The minimum absolute atomic E-state index is 0.0902. The van der Waals surface area contributed by atoms with E-state index in [-0.39, 0.29) is 16.4 Å². The molecule has 3 aromatic rings. The van der Waals surface area contributed by atoms with Gasteiger partial charge >= 0.3 is 0 Å². The quantitative estimate of drug-likeness (QED) is 0.475. The SMILES string of the molecule is C[C@H](Sc1nc2ccsc2c(=O)n1C)C(=O)Nc1cccc(S(N)(=O)=O)c1. The van der Waals surface area contributed by atoms with Crippen molar-refractivity contribution in [2.75, 3.05) is 5.32 Å². The van der Waals surface area contributed by atoms with Crippen molar-refractivity contribution in [3.8, 4) is 0 Å². The number of anilines is 1. The molecule has 1 atom stereocenters. The molecule has 1 aromatic carbocycles. The highest BCUT2D eigenvalue weighted by atomic mass is 32.2. The molecule has 3 N–H and O–H groups in total. The molecule has 2 heterocycles. The molecule has 0 bridgehead atoms. The molecule has 2 aromatic heterocycles. The van der Waals surface area contributed by atoms with E-state index >= 15 is 0 Å². The lowest BCUT2D eigenvalue weighted by atomic mass is 10.3. The number of nitrogens with two attached hydrogens (primary N) is 1. The molecule has 0 aliphatic carbocycles. The molecule has 8 nitrogen and oxygen atoms in total. The molecule has 0 radical (unpaired) electrons. The van der Waals surface area contributed by atoms with Crippen LogP contribution in [0.15, 0.2) is 50.6 Å². The van der Waals surface area contributed by atoms with E-state index in [1.54, 1.807) is 31.5 Å². The van der Waals surface area contributed by atoms with E-state index in [4.69, 9.17) is 5.14 Å². The van der Waals surface area contributed by atoms with Crippen LogP contribution in [0.1, 0.15) is 6.92 Å². The van der Waals surface area contributed by atoms with Crippen molar-refractivity contribution >= 4 is 54.9 Å². The van der Waals surface area contributed by atoms with Crippen LogP contribution in [0.5, 0.6) is 0 Å². The highest BCUT2D eigenvalue weighted by Gasteiger charge is 2.19. The van der Waals surface area contributed by atoms with Crippen molar-refractivity contribution in [2.45, 2.75) is 22.2 Å². The maximum absolute atomic E-state index is 12.5. The first-order valence-electron chi connectivity index (χ1n) is 7.71. The smallest absolute Gasteiger partial charge is 0.271 e. The van der Waals surface area contributed by atoms with Crippen LogP contribution < -0.4 is 16.0 Å². The van der Waals surface area contributed by atoms with Crippen molar-refractivity contribution < 1.29 is 13.2 Å². The van der Waals surface area contributed by atoms with E-state index < -0.39 is 15.3 Å². The molecule has 0 spiro atoms. The molecule has 0 saturated heterocycles. The molecule has 1 amide bonds. The monoisotopic (exact) mass is 424 g/mol. The molecule has 0 unspecified atom stereocenters. The molecular formula is C16H16N4O4S3. The highest BCUT2D eigenvalue weighted by molar-refractivity contribution is 8.00. The van der Waals surface area contributed by atoms with Gasteiger partial charge in [0.2, 0.25) is 15.9 Å². The summed E-state index contributed by atoms with van der Waals surface area (Å²) in [5.74, 6) is -0.355. The Balaban J connectivity index is 1.79. The third-order valence-electron chi connectivity index (χ3n) is 3.73. The summed E-state index contributed by atoms with van der Waals surface area (Å²) >= 11 is 2.46. The second-order valence-corrected chi connectivity index (χ2v) is 9.50. The third-order valence-corrected chi connectivity index (χ3v) is 6.67. The maximum atomic E-state index is 12.5. The van der Waals surface area contributed by atoms with Crippen LogP contribution in [0.3, 0.4) is 0 Å². The average molecular weight is 425 g/mol. The lowest BCUT2D eigenvalue weighted by Crippen LogP contribution is -2.25. The number of primary sulfonamides is 1. The number of nitrogens with one attached hydrogen (secondary N) is 1. The summed E-state index contributed by atoms with van der Waals surface area (Å²) in [5.41, 5.74) is 0.749. The summed E-state index contributed by atoms with van der Waals surface area (Å²) < 4.78 is 24.8. The van der Waals surface area contributed by atoms with Gasteiger partial charge in [0.05, 0.1) is 15.7 Å². The number of hydrogen-bond donors (Lipinski definition) is 2. The van der Waals surface area contributed by atoms with Crippen LogP contribution in [-0.2, 0) is 21.9 Å². The number of hydrogen-bond acceptors (Lipinski definition) is 7. The Hall–Kier alpha value is -2.21. The number of thioether (sulfide) groups is 1. The Bertz CT molecular complexity index is 1180. The molecule has 142 valence electrons. The van der Waals surface area contributed by atoms with Crippen molar-refractivity contribution in [3.63, 3.8) is 0 Å². The second-order valence-electron chi connectivity index (χ2n) is 5.72. The second kappa shape index (κ2) is 7.43. The molecule has 0 aliphatic heterocycles. The average Bonchev–Trinajstić information content (AvgIpc) is 3.07. The zero-order valence-corrected chi connectivity index (χ0v) is 16.8. The van der Waals surface area contributed by atoms with Gasteiger partial charge in [0.25, 0.3) is 5.56 Å². The number of sulfonamides is 1. The van der Waals surface area contributed by atoms with E-state index in [0.717, 1.165) is 11.8 Å². The largest absolute Gasteiger partial charge is 0.325 e. The number of rotatable bonds is 5. The van der Waals surface area contributed by atoms with Crippen molar-refractivity contribution in [2.24, 2.45) is 12.2 Å². The van der Waals surface area contributed by atoms with E-state index in [9.17, 15) is 18.0 Å². The summed E-state index contributed by atoms with van der Waals surface area (Å²) in [4.78, 5) is 29.1. The van der Waals surface area contributed by atoms with Gasteiger partial charge in [-0.05, 0) is 36.6 Å². The van der Waals surface area contributed by atoms with Gasteiger partial charge in [-0.3, -0.25) is 14.2 Å². The fourth-order valence-electron chi connectivity index (χ4n) is 2.28. The summed E-state index contributed by atoms with van der Waals surface area (Å²) in [6.07, 6.45) is 0. The lowest BCUT2D eigenvalue weighted by molar-refractivity contribution is -0.115. The Labute approximate surface area is 163 Å². The molecular weight excluding hydrogens is 408 g/mol. The van der Waals surface area contributed by atoms with Crippen LogP contribution in [0.25, 0.3) is 10.2 Å². The van der Waals surface area contributed by atoms with E-state index in [1.165, 1.54) is 34.1 Å². The zero-order valence-electron chi connectivity index (χ0n) is 14.4. The van der Waals surface area contributed by atoms with E-state index in [0.29, 0.717) is 21.1 Å². The summed E-state index contributed by atoms with van der Waals surface area (Å²) in [5, 5.41) is 9.39. The van der Waals surface area contributed by atoms with Crippen LogP contribution in [0.2, 0.25) is 0 Å². The number of nitrogens with zero attached hydrogens (tertiary/aromatic N) is 2. The first kappa shape index (κ1) is 19.5. The standard InChI is InChI=1S/C16H16N4O4S3/c1-9(14(21)18-10-4-3-5-11(8-10)27(17,23)24)26-16-19-12-6-7-25-13(12)15(22)20(16)2/h3-9H,1-2H3,(H,18,21)(H2,17,23,24)/t9-/m0/s1. The summed E-state index contributed by atoms with van der Waals surface area (Å²) in [6, 6.07) is 7.45. The molecule has 0 saturated carbocycles. The van der Waals surface area contributed by atoms with Crippen molar-refractivity contribution in [3.05, 3.63) is 46.1 Å². The minimum Gasteiger partial charge on any atom is -0.325 e. The van der Waals surface area contributed by atoms with E-state index in [2.05, 4.69) is 10.3 Å². The van der Waals surface area contributed by atoms with Gasteiger partial charge in [-0.25, -0.2) is 18.5 Å². The summed E-state index contributed by atoms with van der Waals surface area (Å²) in [6.45, 7) is 1.67. The van der Waals surface area contributed by atoms with Crippen LogP contribution in [0.4, 0.5) is 5.69 Å². The first-order valence-corrected chi connectivity index (χ1v) is 11.0. The fourth-order valence-corrected chi connectivity index (χ4v) is 4.52. The number of amides is 1. The number of fused-ring (bicyclic) bond motifs is 1. The molecule has 0 fully saturated rings. The van der Waals surface area contributed by atoms with Crippen molar-refractivity contribution in [1.29, 1.82) is 0 Å². The number of thiophene rings is 1. The minimum atomic E-state index is -3.86. The Morgan fingerprint density at radius 2 is 2.11 bits per heavy atom. The number of carbonyl (C=O) groups excluding carboxylic acids is 1. The molecule has 3 rings (SSSR count). The number of carbonyl (C=O) groups is 1. The van der Waals surface area contributed by atoms with Gasteiger partial charge in [-0.2, -0.15) is 0 Å². The fraction of sp³-hybridized carbons (Fsp3) is 0.188. The predicted molar refractivity (Wildman–Crippen MR) is 107 cm³/mol. The van der Waals surface area contributed by atoms with Gasteiger partial charge in [-0.15, -0.1) is 11.3 Å². The van der Waals surface area contributed by atoms with Gasteiger partial charge in [-0.1, -0.05) is 17.8 Å². The molecule has 27 heavy (non-hydrogen) atoms. The summed E-state index contributed by atoms with van der Waals surface area (Å²) in [7, 11) is -2.25. The van der Waals surface area contributed by atoms with Crippen molar-refractivity contribution in [1.82, 2.24) is 9.55 Å². The first-order chi connectivity index (χ1) is 12.7. The van der Waals surface area contributed by atoms with Gasteiger partial charge in [0.1, 0.15) is 4.70 Å². The maximum Gasteiger partial charge on any atom is 0.271 e. The normalized spacial score (nSPS) is 12.9. The van der Waals surface area contributed by atoms with Gasteiger partial charge in [0, 0.05) is 12.7 Å². The predicted octanol–water partition coefficient (Wildman–Crippen LogP) is 1.76. The number of aromatic nitrogens is 2. The Morgan fingerprint density at radius 1 is 1.37 bits per heavy atom. The molecule has 11 heteroatoms. The van der Waals surface area contributed by atoms with Crippen LogP contribution >= 0.6 is 23.1 Å². The third kappa shape index (κ3) is 4.21. The van der Waals surface area contributed by atoms with Crippen LogP contribution in [0, 0.1) is 0 Å². The van der Waals surface area contributed by atoms with Gasteiger partial charge in [0.15, 0.2) is 5.16 Å². The molecule has 0 aliphatic rings. The zero-order chi connectivity index (χ0) is 19.8. The number of benzene rings is 1. The highest BCUT2D eigenvalue weighted by Crippen LogP contribution is 2.24. The lowest BCUT2D eigenvalue weighted by Gasteiger charge is -2.14.